The highest BCUT2D eigenvalue weighted by Crippen LogP contribution is 2.14. The lowest BCUT2D eigenvalue weighted by molar-refractivity contribution is -0.139. The monoisotopic (exact) mass is 301 g/mol. The predicted octanol–water partition coefficient (Wildman–Crippen LogP) is 2.49. The highest BCUT2D eigenvalue weighted by molar-refractivity contribution is 5.80. The minimum Gasteiger partial charge on any atom is -0.480 e. The van der Waals surface area contributed by atoms with Crippen LogP contribution in [0.5, 0.6) is 0 Å². The van der Waals surface area contributed by atoms with E-state index in [4.69, 9.17) is 9.84 Å². The van der Waals surface area contributed by atoms with E-state index in [2.05, 4.69) is 5.32 Å². The fourth-order valence-electron chi connectivity index (χ4n) is 1.62. The highest BCUT2D eigenvalue weighted by atomic mass is 19.1. The van der Waals surface area contributed by atoms with E-state index in [-0.39, 0.29) is 6.61 Å². The normalized spacial score (nSPS) is 11.8. The van der Waals surface area contributed by atoms with E-state index in [9.17, 15) is 18.4 Å². The summed E-state index contributed by atoms with van der Waals surface area (Å²) < 4.78 is 31.7. The molecule has 116 valence electrons. The number of carbonyl (C=O) groups excluding carboxylic acids is 1. The molecule has 1 unspecified atom stereocenters. The smallest absolute Gasteiger partial charge is 0.407 e. The van der Waals surface area contributed by atoms with Gasteiger partial charge in [0.15, 0.2) is 0 Å². The number of alkyl carbamates (subject to hydrolysis) is 1. The largest absolute Gasteiger partial charge is 0.480 e. The Balaban J connectivity index is 2.70. The van der Waals surface area contributed by atoms with Crippen molar-refractivity contribution in [1.82, 2.24) is 5.32 Å². The van der Waals surface area contributed by atoms with Crippen molar-refractivity contribution in [2.45, 2.75) is 32.2 Å². The van der Waals surface area contributed by atoms with Crippen molar-refractivity contribution >= 4 is 12.1 Å². The zero-order valence-corrected chi connectivity index (χ0v) is 11.6. The summed E-state index contributed by atoms with van der Waals surface area (Å²) in [5.74, 6) is -3.12. The van der Waals surface area contributed by atoms with Crippen molar-refractivity contribution in [3.8, 4) is 0 Å². The standard InChI is InChI=1S/C14H17F2NO4/c1-2-3-7-21-14(20)17-12(13(18)19)8-9-10(15)5-4-6-11(9)16/h4-6,12H,2-3,7-8H2,1H3,(H,17,20)(H,18,19). The second-order valence-electron chi connectivity index (χ2n) is 4.43. The zero-order chi connectivity index (χ0) is 15.8. The summed E-state index contributed by atoms with van der Waals surface area (Å²) >= 11 is 0. The van der Waals surface area contributed by atoms with Crippen molar-refractivity contribution in [3.63, 3.8) is 0 Å². The Morgan fingerprint density at radius 2 is 1.95 bits per heavy atom. The van der Waals surface area contributed by atoms with E-state index in [1.807, 2.05) is 6.92 Å². The van der Waals surface area contributed by atoms with Crippen LogP contribution in [0.25, 0.3) is 0 Å². The highest BCUT2D eigenvalue weighted by Gasteiger charge is 2.24. The SMILES string of the molecule is CCCCOC(=O)NC(Cc1c(F)cccc1F)C(=O)O. The molecule has 7 heteroatoms. The Hall–Kier alpha value is -2.18. The van der Waals surface area contributed by atoms with Crippen LogP contribution >= 0.6 is 0 Å². The van der Waals surface area contributed by atoms with Crippen LogP contribution in [0, 0.1) is 11.6 Å². The van der Waals surface area contributed by atoms with Crippen LogP contribution in [0.15, 0.2) is 18.2 Å². The third-order valence-electron chi connectivity index (χ3n) is 2.79. The molecule has 0 fully saturated rings. The van der Waals surface area contributed by atoms with Crippen LogP contribution < -0.4 is 5.32 Å². The van der Waals surface area contributed by atoms with E-state index >= 15 is 0 Å². The summed E-state index contributed by atoms with van der Waals surface area (Å²) in [6.45, 7) is 2.06. The number of rotatable bonds is 7. The molecular weight excluding hydrogens is 284 g/mol. The fraction of sp³-hybridized carbons (Fsp3) is 0.429. The fourth-order valence-corrected chi connectivity index (χ4v) is 1.62. The number of carboxylic acids is 1. The number of amides is 1. The van der Waals surface area contributed by atoms with Crippen LogP contribution in [0.3, 0.4) is 0 Å². The maximum absolute atomic E-state index is 13.5. The first-order valence-corrected chi connectivity index (χ1v) is 6.54. The van der Waals surface area contributed by atoms with Crippen LogP contribution in [0.2, 0.25) is 0 Å². The Morgan fingerprint density at radius 1 is 1.33 bits per heavy atom. The Kier molecular flexibility index (Phi) is 6.58. The predicted molar refractivity (Wildman–Crippen MR) is 70.9 cm³/mol. The van der Waals surface area contributed by atoms with Gasteiger partial charge in [0.05, 0.1) is 6.61 Å². The number of halogens is 2. The van der Waals surface area contributed by atoms with Gasteiger partial charge in [-0.3, -0.25) is 0 Å². The van der Waals surface area contributed by atoms with Crippen molar-refractivity contribution < 1.29 is 28.2 Å². The van der Waals surface area contributed by atoms with Crippen LogP contribution in [0.1, 0.15) is 25.3 Å². The summed E-state index contributed by atoms with van der Waals surface area (Å²) in [7, 11) is 0. The number of benzene rings is 1. The van der Waals surface area contributed by atoms with Gasteiger partial charge in [0.1, 0.15) is 17.7 Å². The summed E-state index contributed by atoms with van der Waals surface area (Å²) in [5.41, 5.74) is -0.390. The minimum atomic E-state index is -1.47. The second kappa shape index (κ2) is 8.18. The van der Waals surface area contributed by atoms with Crippen LogP contribution in [-0.4, -0.2) is 29.8 Å². The molecular formula is C14H17F2NO4. The molecule has 0 aliphatic rings. The van der Waals surface area contributed by atoms with E-state index in [1.54, 1.807) is 0 Å². The Bertz CT molecular complexity index is 487. The number of carbonyl (C=O) groups is 2. The van der Waals surface area contributed by atoms with Crippen molar-refractivity contribution in [1.29, 1.82) is 0 Å². The van der Waals surface area contributed by atoms with Gasteiger partial charge in [0, 0.05) is 12.0 Å². The van der Waals surface area contributed by atoms with Gasteiger partial charge in [0.25, 0.3) is 0 Å². The van der Waals surface area contributed by atoms with Crippen molar-refractivity contribution in [2.24, 2.45) is 0 Å². The Morgan fingerprint density at radius 3 is 2.48 bits per heavy atom. The van der Waals surface area contributed by atoms with Gasteiger partial charge in [-0.1, -0.05) is 19.4 Å². The lowest BCUT2D eigenvalue weighted by atomic mass is 10.0. The first-order valence-electron chi connectivity index (χ1n) is 6.54. The molecule has 5 nitrogen and oxygen atoms in total. The number of hydrogen-bond acceptors (Lipinski definition) is 3. The molecule has 0 bridgehead atoms. The summed E-state index contributed by atoms with van der Waals surface area (Å²) in [6.07, 6.45) is 0.0347. The second-order valence-corrected chi connectivity index (χ2v) is 4.43. The summed E-state index contributed by atoms with van der Waals surface area (Å²) in [6, 6.07) is 1.76. The summed E-state index contributed by atoms with van der Waals surface area (Å²) in [4.78, 5) is 22.5. The molecule has 1 rings (SSSR count). The molecule has 0 aliphatic carbocycles. The molecule has 1 amide bonds. The first-order chi connectivity index (χ1) is 9.95. The number of hydrogen-bond donors (Lipinski definition) is 2. The molecule has 0 radical (unpaired) electrons. The molecule has 2 N–H and O–H groups in total. The maximum atomic E-state index is 13.5. The van der Waals surface area contributed by atoms with Gasteiger partial charge in [-0.2, -0.15) is 0 Å². The molecule has 0 aromatic heterocycles. The molecule has 1 aromatic carbocycles. The lowest BCUT2D eigenvalue weighted by Gasteiger charge is -2.15. The number of aliphatic carboxylic acids is 1. The topological polar surface area (TPSA) is 75.6 Å². The van der Waals surface area contributed by atoms with Gasteiger partial charge in [-0.25, -0.2) is 18.4 Å². The molecule has 0 spiro atoms. The van der Waals surface area contributed by atoms with E-state index in [0.29, 0.717) is 6.42 Å². The Labute approximate surface area is 120 Å². The summed E-state index contributed by atoms with van der Waals surface area (Å²) in [5, 5.41) is 11.1. The molecule has 21 heavy (non-hydrogen) atoms. The number of carboxylic acid groups (broad SMARTS) is 1. The third-order valence-corrected chi connectivity index (χ3v) is 2.79. The molecule has 0 saturated heterocycles. The van der Waals surface area contributed by atoms with E-state index in [1.165, 1.54) is 6.07 Å². The van der Waals surface area contributed by atoms with Crippen molar-refractivity contribution in [2.75, 3.05) is 6.61 Å². The number of ether oxygens (including phenoxy) is 1. The molecule has 0 heterocycles. The minimum absolute atomic E-state index is 0.155. The quantitative estimate of drug-likeness (QED) is 0.759. The van der Waals surface area contributed by atoms with Gasteiger partial charge >= 0.3 is 12.1 Å². The van der Waals surface area contributed by atoms with E-state index in [0.717, 1.165) is 18.6 Å². The van der Waals surface area contributed by atoms with Crippen molar-refractivity contribution in [3.05, 3.63) is 35.4 Å². The van der Waals surface area contributed by atoms with Gasteiger partial charge in [0.2, 0.25) is 0 Å². The molecule has 1 aromatic rings. The van der Waals surface area contributed by atoms with Gasteiger partial charge in [-0.15, -0.1) is 0 Å². The number of nitrogens with one attached hydrogen (secondary N) is 1. The average Bonchev–Trinajstić information content (AvgIpc) is 2.41. The first kappa shape index (κ1) is 16.9. The van der Waals surface area contributed by atoms with Crippen LogP contribution in [0.4, 0.5) is 13.6 Å². The van der Waals surface area contributed by atoms with Crippen LogP contribution in [-0.2, 0) is 16.0 Å². The van der Waals surface area contributed by atoms with Gasteiger partial charge < -0.3 is 15.2 Å². The maximum Gasteiger partial charge on any atom is 0.407 e. The lowest BCUT2D eigenvalue weighted by Crippen LogP contribution is -2.43. The number of unbranched alkanes of at least 4 members (excludes halogenated alkanes) is 1. The molecule has 0 aliphatic heterocycles. The molecule has 0 saturated carbocycles. The molecule has 1 atom stereocenters. The zero-order valence-electron chi connectivity index (χ0n) is 11.6. The van der Waals surface area contributed by atoms with Gasteiger partial charge in [-0.05, 0) is 18.6 Å². The third kappa shape index (κ3) is 5.37. The average molecular weight is 301 g/mol. The van der Waals surface area contributed by atoms with E-state index < -0.39 is 41.7 Å².